The minimum absolute atomic E-state index is 0.150. The van der Waals surface area contributed by atoms with E-state index in [-0.39, 0.29) is 17.9 Å². The van der Waals surface area contributed by atoms with E-state index in [4.69, 9.17) is 0 Å². The monoisotopic (exact) mass is 334 g/mol. The number of piperidine rings is 3. The normalized spacial score (nSPS) is 29.4. The van der Waals surface area contributed by atoms with Crippen LogP contribution in [0, 0.1) is 11.8 Å². The smallest absolute Gasteiger partial charge is 0.224 e. The summed E-state index contributed by atoms with van der Waals surface area (Å²) < 4.78 is 1.97. The second-order valence-corrected chi connectivity index (χ2v) is 7.87. The Labute approximate surface area is 144 Å². The van der Waals surface area contributed by atoms with Gasteiger partial charge in [0, 0.05) is 31.4 Å². The fourth-order valence-corrected chi connectivity index (χ4v) is 4.06. The van der Waals surface area contributed by atoms with Crippen LogP contribution >= 0.6 is 0 Å². The van der Waals surface area contributed by atoms with Gasteiger partial charge in [-0.3, -0.25) is 14.4 Å². The molecule has 4 heterocycles. The van der Waals surface area contributed by atoms with E-state index in [0.717, 1.165) is 44.7 Å². The largest absolute Gasteiger partial charge is 0.354 e. The zero-order valence-corrected chi connectivity index (χ0v) is 15.3. The molecule has 0 aromatic carbocycles. The summed E-state index contributed by atoms with van der Waals surface area (Å²) in [6.45, 7) is 7.72. The zero-order chi connectivity index (χ0) is 17.3. The standard InChI is InChI=1S/C17H30N6O/c1-12(2)18-17(24)16-11-22-6-5-13(16)7-15(22)10-23-9-14(19-20-23)8-21(3)4/h9,12-13,15-16H,5-8,10-11H2,1-4H3,(H,18,24)/t13-,15-,16+/m1/s1. The molecule has 0 spiro atoms. The number of nitrogens with zero attached hydrogens (tertiary/aromatic N) is 5. The van der Waals surface area contributed by atoms with Gasteiger partial charge in [-0.25, -0.2) is 0 Å². The highest BCUT2D eigenvalue weighted by Gasteiger charge is 2.43. The summed E-state index contributed by atoms with van der Waals surface area (Å²) in [6, 6.07) is 0.690. The summed E-state index contributed by atoms with van der Waals surface area (Å²) >= 11 is 0. The predicted octanol–water partition coefficient (Wildman–Crippen LogP) is 0.575. The molecule has 0 saturated carbocycles. The van der Waals surface area contributed by atoms with E-state index in [0.29, 0.717) is 12.0 Å². The van der Waals surface area contributed by atoms with Crippen molar-refractivity contribution >= 4 is 5.91 Å². The van der Waals surface area contributed by atoms with Crippen LogP contribution in [-0.2, 0) is 17.9 Å². The first kappa shape index (κ1) is 17.4. The van der Waals surface area contributed by atoms with Gasteiger partial charge in [0.25, 0.3) is 0 Å². The number of carbonyl (C=O) groups is 1. The Morgan fingerprint density at radius 1 is 1.46 bits per heavy atom. The Hall–Kier alpha value is -1.47. The van der Waals surface area contributed by atoms with Gasteiger partial charge < -0.3 is 10.2 Å². The lowest BCUT2D eigenvalue weighted by molar-refractivity contribution is -0.133. The molecule has 3 fully saturated rings. The van der Waals surface area contributed by atoms with Crippen LogP contribution in [-0.4, -0.2) is 70.0 Å². The van der Waals surface area contributed by atoms with Crippen LogP contribution in [0.2, 0.25) is 0 Å². The summed E-state index contributed by atoms with van der Waals surface area (Å²) in [5.74, 6) is 0.883. The lowest BCUT2D eigenvalue weighted by atomic mass is 9.75. The predicted molar refractivity (Wildman–Crippen MR) is 92.3 cm³/mol. The van der Waals surface area contributed by atoms with E-state index in [1.54, 1.807) is 0 Å². The fourth-order valence-electron chi connectivity index (χ4n) is 4.06. The van der Waals surface area contributed by atoms with E-state index in [9.17, 15) is 4.79 Å². The van der Waals surface area contributed by atoms with Crippen LogP contribution in [0.1, 0.15) is 32.4 Å². The van der Waals surface area contributed by atoms with Gasteiger partial charge in [0.1, 0.15) is 0 Å². The molecule has 3 saturated heterocycles. The molecule has 1 unspecified atom stereocenters. The average Bonchev–Trinajstić information content (AvgIpc) is 2.93. The number of hydrogen-bond donors (Lipinski definition) is 1. The molecule has 4 rings (SSSR count). The van der Waals surface area contributed by atoms with Crippen molar-refractivity contribution < 1.29 is 4.79 Å². The highest BCUT2D eigenvalue weighted by Crippen LogP contribution is 2.36. The van der Waals surface area contributed by atoms with Crippen LogP contribution in [0.4, 0.5) is 0 Å². The molecule has 3 aliphatic rings. The molecule has 2 bridgehead atoms. The molecule has 134 valence electrons. The second kappa shape index (κ2) is 7.19. The van der Waals surface area contributed by atoms with Gasteiger partial charge in [0.05, 0.1) is 18.2 Å². The third-order valence-electron chi connectivity index (χ3n) is 5.11. The van der Waals surface area contributed by atoms with Crippen molar-refractivity contribution in [2.75, 3.05) is 27.2 Å². The van der Waals surface area contributed by atoms with Gasteiger partial charge in [-0.1, -0.05) is 5.21 Å². The molecule has 4 atom stereocenters. The minimum Gasteiger partial charge on any atom is -0.354 e. The summed E-state index contributed by atoms with van der Waals surface area (Å²) in [7, 11) is 4.07. The quantitative estimate of drug-likeness (QED) is 0.824. The highest BCUT2D eigenvalue weighted by atomic mass is 16.2. The third-order valence-corrected chi connectivity index (χ3v) is 5.11. The second-order valence-electron chi connectivity index (χ2n) is 7.87. The molecular weight excluding hydrogens is 304 g/mol. The lowest BCUT2D eigenvalue weighted by Gasteiger charge is -2.49. The number of hydrogen-bond acceptors (Lipinski definition) is 5. The minimum atomic E-state index is 0.150. The van der Waals surface area contributed by atoms with Crippen molar-refractivity contribution in [1.29, 1.82) is 0 Å². The molecule has 7 nitrogen and oxygen atoms in total. The topological polar surface area (TPSA) is 66.3 Å². The molecule has 1 N–H and O–H groups in total. The van der Waals surface area contributed by atoms with Crippen molar-refractivity contribution in [3.8, 4) is 0 Å². The van der Waals surface area contributed by atoms with Crippen molar-refractivity contribution in [3.05, 3.63) is 11.9 Å². The van der Waals surface area contributed by atoms with E-state index < -0.39 is 0 Å². The highest BCUT2D eigenvalue weighted by molar-refractivity contribution is 5.79. The summed E-state index contributed by atoms with van der Waals surface area (Å²) in [5, 5.41) is 11.6. The summed E-state index contributed by atoms with van der Waals surface area (Å²) in [4.78, 5) is 17.0. The molecule has 1 aromatic heterocycles. The van der Waals surface area contributed by atoms with E-state index >= 15 is 0 Å². The molecule has 0 radical (unpaired) electrons. The first-order chi connectivity index (χ1) is 11.4. The maximum absolute atomic E-state index is 12.4. The Kier molecular flexibility index (Phi) is 5.20. The van der Waals surface area contributed by atoms with Crippen molar-refractivity contribution in [3.63, 3.8) is 0 Å². The number of amides is 1. The maximum Gasteiger partial charge on any atom is 0.224 e. The SMILES string of the molecule is CC(C)NC(=O)[C@H]1CN2CC[C@@H]1C[C@@H]2Cn1cc(CN(C)C)nn1. The number of rotatable bonds is 6. The first-order valence-electron chi connectivity index (χ1n) is 9.00. The Morgan fingerprint density at radius 3 is 2.88 bits per heavy atom. The van der Waals surface area contributed by atoms with Crippen LogP contribution in [0.15, 0.2) is 6.20 Å². The first-order valence-corrected chi connectivity index (χ1v) is 9.00. The Bertz CT molecular complexity index is 569. The van der Waals surface area contributed by atoms with Crippen molar-refractivity contribution in [2.45, 2.75) is 51.9 Å². The Balaban J connectivity index is 1.58. The van der Waals surface area contributed by atoms with Crippen molar-refractivity contribution in [1.82, 2.24) is 30.1 Å². The van der Waals surface area contributed by atoms with Crippen LogP contribution in [0.25, 0.3) is 0 Å². The third kappa shape index (κ3) is 3.95. The van der Waals surface area contributed by atoms with Gasteiger partial charge in [-0.05, 0) is 53.2 Å². The van der Waals surface area contributed by atoms with E-state index in [1.807, 2.05) is 38.8 Å². The fraction of sp³-hybridized carbons (Fsp3) is 0.824. The van der Waals surface area contributed by atoms with E-state index in [1.165, 1.54) is 0 Å². The summed E-state index contributed by atoms with van der Waals surface area (Å²) in [6.07, 6.45) is 4.27. The molecule has 0 aliphatic carbocycles. The van der Waals surface area contributed by atoms with Crippen molar-refractivity contribution in [2.24, 2.45) is 11.8 Å². The van der Waals surface area contributed by atoms with Gasteiger partial charge in [-0.15, -0.1) is 5.10 Å². The summed E-state index contributed by atoms with van der Waals surface area (Å²) in [5.41, 5.74) is 1.00. The molecule has 7 heteroatoms. The molecule has 3 aliphatic heterocycles. The van der Waals surface area contributed by atoms with Crippen LogP contribution < -0.4 is 5.32 Å². The number of nitrogens with one attached hydrogen (secondary N) is 1. The number of fused-ring (bicyclic) bond motifs is 3. The maximum atomic E-state index is 12.4. The number of aromatic nitrogens is 3. The van der Waals surface area contributed by atoms with Gasteiger partial charge in [0.15, 0.2) is 0 Å². The van der Waals surface area contributed by atoms with E-state index in [2.05, 4.69) is 25.4 Å². The molecule has 24 heavy (non-hydrogen) atoms. The molecule has 1 amide bonds. The van der Waals surface area contributed by atoms with Crippen LogP contribution in [0.3, 0.4) is 0 Å². The van der Waals surface area contributed by atoms with Gasteiger partial charge >= 0.3 is 0 Å². The lowest BCUT2D eigenvalue weighted by Crippen LogP contribution is -2.58. The van der Waals surface area contributed by atoms with Gasteiger partial charge in [-0.2, -0.15) is 0 Å². The molecule has 1 aromatic rings. The van der Waals surface area contributed by atoms with Crippen LogP contribution in [0.5, 0.6) is 0 Å². The number of carbonyl (C=O) groups excluding carboxylic acids is 1. The zero-order valence-electron chi connectivity index (χ0n) is 15.3. The average molecular weight is 334 g/mol. The van der Waals surface area contributed by atoms with Gasteiger partial charge in [0.2, 0.25) is 5.91 Å². The molecular formula is C17H30N6O. The Morgan fingerprint density at radius 2 is 2.25 bits per heavy atom.